The minimum absolute atomic E-state index is 0.149. The predicted molar refractivity (Wildman–Crippen MR) is 76.2 cm³/mol. The summed E-state index contributed by atoms with van der Waals surface area (Å²) in [5.74, 6) is 0.149. The fourth-order valence-corrected chi connectivity index (χ4v) is 2.53. The van der Waals surface area contributed by atoms with Crippen molar-refractivity contribution in [3.63, 3.8) is 0 Å². The summed E-state index contributed by atoms with van der Waals surface area (Å²) in [7, 11) is 0. The Morgan fingerprint density at radius 1 is 1.41 bits per heavy atom. The monoisotopic (exact) mass is 312 g/mol. The van der Waals surface area contributed by atoms with Crippen molar-refractivity contribution in [2.45, 2.75) is 19.3 Å². The second-order valence-corrected chi connectivity index (χ2v) is 5.38. The summed E-state index contributed by atoms with van der Waals surface area (Å²) in [6.07, 6.45) is 2.60. The van der Waals surface area contributed by atoms with Gasteiger partial charge in [0.15, 0.2) is 0 Å². The van der Waals surface area contributed by atoms with E-state index in [1.165, 1.54) is 0 Å². The molecule has 0 spiro atoms. The van der Waals surface area contributed by atoms with Gasteiger partial charge in [-0.2, -0.15) is 0 Å². The topological polar surface area (TPSA) is 46.3 Å². The second-order valence-electron chi connectivity index (χ2n) is 4.03. The van der Waals surface area contributed by atoms with Crippen molar-refractivity contribution in [1.29, 1.82) is 0 Å². The van der Waals surface area contributed by atoms with E-state index in [0.717, 1.165) is 35.1 Å². The first-order valence-electron chi connectivity index (χ1n) is 5.49. The van der Waals surface area contributed by atoms with E-state index in [0.29, 0.717) is 11.4 Å². The number of halogens is 1. The van der Waals surface area contributed by atoms with Crippen molar-refractivity contribution >= 4 is 44.7 Å². The zero-order valence-corrected chi connectivity index (χ0v) is 11.7. The lowest BCUT2D eigenvalue weighted by Gasteiger charge is -2.28. The molecule has 1 aliphatic rings. The first-order valence-corrected chi connectivity index (χ1v) is 6.69. The standard InChI is InChI=1S/C12H13BrN2OS/c13-8-4-5-10(9(7-8)12(14)17)15-6-2-1-3-11(15)16/h4-5,7H,1-3,6H2,(H2,14,17). The number of thiocarbonyl (C=S) groups is 1. The highest BCUT2D eigenvalue weighted by Crippen LogP contribution is 2.27. The number of rotatable bonds is 2. The lowest BCUT2D eigenvalue weighted by atomic mass is 10.1. The molecular formula is C12H13BrN2OS. The zero-order chi connectivity index (χ0) is 12.4. The number of hydrogen-bond donors (Lipinski definition) is 1. The van der Waals surface area contributed by atoms with Gasteiger partial charge in [-0.25, -0.2) is 0 Å². The average Bonchev–Trinajstić information content (AvgIpc) is 2.30. The molecule has 3 nitrogen and oxygen atoms in total. The molecule has 0 aliphatic carbocycles. The predicted octanol–water partition coefficient (Wildman–Crippen LogP) is 2.60. The molecule has 0 bridgehead atoms. The highest BCUT2D eigenvalue weighted by Gasteiger charge is 2.22. The van der Waals surface area contributed by atoms with Crippen LogP contribution in [0.25, 0.3) is 0 Å². The van der Waals surface area contributed by atoms with Gasteiger partial charge in [0.25, 0.3) is 0 Å². The molecule has 0 unspecified atom stereocenters. The Hall–Kier alpha value is -0.940. The van der Waals surface area contributed by atoms with Gasteiger partial charge >= 0.3 is 0 Å². The number of hydrogen-bond acceptors (Lipinski definition) is 2. The Bertz CT molecular complexity index is 476. The van der Waals surface area contributed by atoms with Crippen molar-refractivity contribution < 1.29 is 4.79 Å². The summed E-state index contributed by atoms with van der Waals surface area (Å²) in [4.78, 5) is 14.0. The van der Waals surface area contributed by atoms with Crippen LogP contribution in [0.1, 0.15) is 24.8 Å². The third-order valence-corrected chi connectivity index (χ3v) is 3.55. The third-order valence-electron chi connectivity index (χ3n) is 2.84. The molecule has 1 aliphatic heterocycles. The van der Waals surface area contributed by atoms with Crippen LogP contribution in [0.15, 0.2) is 22.7 Å². The maximum Gasteiger partial charge on any atom is 0.226 e. The molecule has 1 amide bonds. The maximum atomic E-state index is 11.9. The molecular weight excluding hydrogens is 300 g/mol. The first-order chi connectivity index (χ1) is 8.09. The Balaban J connectivity index is 2.43. The molecule has 1 aromatic rings. The van der Waals surface area contributed by atoms with Crippen LogP contribution in [0.3, 0.4) is 0 Å². The first kappa shape index (κ1) is 12.5. The van der Waals surface area contributed by atoms with Crippen LogP contribution in [0.4, 0.5) is 5.69 Å². The highest BCUT2D eigenvalue weighted by atomic mass is 79.9. The quantitative estimate of drug-likeness (QED) is 0.854. The smallest absolute Gasteiger partial charge is 0.226 e. The van der Waals surface area contributed by atoms with E-state index in [1.54, 1.807) is 4.90 Å². The minimum Gasteiger partial charge on any atom is -0.389 e. The van der Waals surface area contributed by atoms with E-state index in [9.17, 15) is 4.79 Å². The molecule has 1 heterocycles. The summed E-state index contributed by atoms with van der Waals surface area (Å²) < 4.78 is 0.911. The number of piperidine rings is 1. The third kappa shape index (κ3) is 2.66. The number of nitrogens with zero attached hydrogens (tertiary/aromatic N) is 1. The molecule has 90 valence electrons. The Labute approximate surface area is 114 Å². The number of anilines is 1. The van der Waals surface area contributed by atoms with E-state index < -0.39 is 0 Å². The van der Waals surface area contributed by atoms with Crippen LogP contribution in [-0.2, 0) is 4.79 Å². The maximum absolute atomic E-state index is 11.9. The Morgan fingerprint density at radius 3 is 2.82 bits per heavy atom. The fraction of sp³-hybridized carbons (Fsp3) is 0.333. The fourth-order valence-electron chi connectivity index (χ4n) is 2.00. The van der Waals surface area contributed by atoms with E-state index in [2.05, 4.69) is 15.9 Å². The molecule has 1 saturated heterocycles. The average molecular weight is 313 g/mol. The normalized spacial score (nSPS) is 16.1. The summed E-state index contributed by atoms with van der Waals surface area (Å²) in [6.45, 7) is 0.746. The molecule has 0 radical (unpaired) electrons. The molecule has 0 saturated carbocycles. The summed E-state index contributed by atoms with van der Waals surface area (Å²) in [5.41, 5.74) is 7.29. The van der Waals surface area contributed by atoms with E-state index in [4.69, 9.17) is 18.0 Å². The van der Waals surface area contributed by atoms with E-state index in [1.807, 2.05) is 18.2 Å². The van der Waals surface area contributed by atoms with Gasteiger partial charge in [-0.3, -0.25) is 4.79 Å². The summed E-state index contributed by atoms with van der Waals surface area (Å²) in [5, 5.41) is 0. The van der Waals surface area contributed by atoms with Crippen LogP contribution < -0.4 is 10.6 Å². The van der Waals surface area contributed by atoms with Crippen LogP contribution in [0.5, 0.6) is 0 Å². The molecule has 0 atom stereocenters. The van der Waals surface area contributed by atoms with Crippen molar-refractivity contribution in [3.05, 3.63) is 28.2 Å². The zero-order valence-electron chi connectivity index (χ0n) is 9.28. The van der Waals surface area contributed by atoms with Crippen LogP contribution in [-0.4, -0.2) is 17.4 Å². The molecule has 5 heteroatoms. The van der Waals surface area contributed by atoms with Crippen LogP contribution in [0.2, 0.25) is 0 Å². The summed E-state index contributed by atoms with van der Waals surface area (Å²) >= 11 is 8.42. The number of benzene rings is 1. The Morgan fingerprint density at radius 2 is 2.18 bits per heavy atom. The summed E-state index contributed by atoms with van der Waals surface area (Å²) in [6, 6.07) is 5.65. The van der Waals surface area contributed by atoms with Crippen LogP contribution in [0, 0.1) is 0 Å². The van der Waals surface area contributed by atoms with Crippen molar-refractivity contribution in [2.24, 2.45) is 5.73 Å². The SMILES string of the molecule is NC(=S)c1cc(Br)ccc1N1CCCCC1=O. The van der Waals surface area contributed by atoms with Crippen molar-refractivity contribution in [2.75, 3.05) is 11.4 Å². The lowest BCUT2D eigenvalue weighted by Crippen LogP contribution is -2.36. The van der Waals surface area contributed by atoms with Crippen LogP contribution >= 0.6 is 28.1 Å². The number of nitrogens with two attached hydrogens (primary N) is 1. The van der Waals surface area contributed by atoms with E-state index in [-0.39, 0.29) is 5.91 Å². The molecule has 1 aromatic carbocycles. The molecule has 2 N–H and O–H groups in total. The van der Waals surface area contributed by atoms with Gasteiger partial charge in [-0.05, 0) is 31.0 Å². The Kier molecular flexibility index (Phi) is 3.79. The number of carbonyl (C=O) groups excluding carboxylic acids is 1. The second kappa shape index (κ2) is 5.14. The van der Waals surface area contributed by atoms with Gasteiger partial charge in [-0.1, -0.05) is 28.1 Å². The lowest BCUT2D eigenvalue weighted by molar-refractivity contribution is -0.119. The van der Waals surface area contributed by atoms with Gasteiger partial charge in [0, 0.05) is 23.0 Å². The van der Waals surface area contributed by atoms with Gasteiger partial charge in [0.1, 0.15) is 4.99 Å². The number of amides is 1. The van der Waals surface area contributed by atoms with E-state index >= 15 is 0 Å². The van der Waals surface area contributed by atoms with Crippen molar-refractivity contribution in [3.8, 4) is 0 Å². The molecule has 17 heavy (non-hydrogen) atoms. The minimum atomic E-state index is 0.149. The largest absolute Gasteiger partial charge is 0.389 e. The van der Waals surface area contributed by atoms with Gasteiger partial charge in [0.05, 0.1) is 5.69 Å². The molecule has 1 fully saturated rings. The van der Waals surface area contributed by atoms with Gasteiger partial charge in [0.2, 0.25) is 5.91 Å². The van der Waals surface area contributed by atoms with Gasteiger partial charge in [-0.15, -0.1) is 0 Å². The van der Waals surface area contributed by atoms with Gasteiger partial charge < -0.3 is 10.6 Å². The molecule has 2 rings (SSSR count). The molecule has 0 aromatic heterocycles. The van der Waals surface area contributed by atoms with Crippen molar-refractivity contribution in [1.82, 2.24) is 0 Å². The highest BCUT2D eigenvalue weighted by molar-refractivity contribution is 9.10. The number of carbonyl (C=O) groups is 1.